The van der Waals surface area contributed by atoms with Crippen molar-refractivity contribution < 1.29 is 4.42 Å². The Kier molecular flexibility index (Phi) is 2.25. The van der Waals surface area contributed by atoms with E-state index in [4.69, 9.17) is 4.42 Å². The van der Waals surface area contributed by atoms with Crippen LogP contribution in [-0.2, 0) is 0 Å². The van der Waals surface area contributed by atoms with Gasteiger partial charge in [-0.1, -0.05) is 55.1 Å². The zero-order valence-electron chi connectivity index (χ0n) is 11.3. The second-order valence-corrected chi connectivity index (χ2v) is 5.10. The minimum Gasteiger partial charge on any atom is -0.460 e. The monoisotopic (exact) mass is 258 g/mol. The zero-order valence-corrected chi connectivity index (χ0v) is 11.3. The molecule has 0 spiro atoms. The van der Waals surface area contributed by atoms with E-state index in [0.717, 1.165) is 22.3 Å². The highest BCUT2D eigenvalue weighted by Gasteiger charge is 2.12. The van der Waals surface area contributed by atoms with Crippen molar-refractivity contribution in [3.8, 4) is 0 Å². The van der Waals surface area contributed by atoms with E-state index in [-0.39, 0.29) is 0 Å². The molecule has 0 aliphatic rings. The molecule has 4 rings (SSSR count). The van der Waals surface area contributed by atoms with Crippen molar-refractivity contribution in [2.75, 3.05) is 0 Å². The fraction of sp³-hybridized carbons (Fsp3) is 0.0526. The Morgan fingerprint density at radius 2 is 1.65 bits per heavy atom. The zero-order chi connectivity index (χ0) is 13.7. The van der Waals surface area contributed by atoms with E-state index in [0.29, 0.717) is 0 Å². The molecule has 0 saturated heterocycles. The summed E-state index contributed by atoms with van der Waals surface area (Å²) in [6.45, 7) is 5.89. The van der Waals surface area contributed by atoms with Gasteiger partial charge < -0.3 is 4.42 Å². The summed E-state index contributed by atoms with van der Waals surface area (Å²) in [5, 5.41) is 6.01. The number of hydrogen-bond acceptors (Lipinski definition) is 1. The molecule has 0 bridgehead atoms. The molecule has 0 atom stereocenters. The standard InChI is InChI=1S/C19H14O/c1-3-15-12(2)20-19-17(15)11-10-14-9-8-13-6-4-5-7-16(13)18(14)19/h3-11H,1H2,2H3. The summed E-state index contributed by atoms with van der Waals surface area (Å²) >= 11 is 0. The maximum atomic E-state index is 6.04. The second-order valence-electron chi connectivity index (χ2n) is 5.10. The largest absolute Gasteiger partial charge is 0.460 e. The molecule has 1 nitrogen and oxygen atoms in total. The lowest BCUT2D eigenvalue weighted by molar-refractivity contribution is 0.580. The summed E-state index contributed by atoms with van der Waals surface area (Å²) in [6.07, 6.45) is 1.87. The minimum atomic E-state index is 0.926. The van der Waals surface area contributed by atoms with Gasteiger partial charge in [0, 0.05) is 16.3 Å². The maximum absolute atomic E-state index is 6.04. The smallest absolute Gasteiger partial charge is 0.143 e. The Morgan fingerprint density at radius 3 is 2.50 bits per heavy atom. The van der Waals surface area contributed by atoms with E-state index >= 15 is 0 Å². The predicted molar refractivity (Wildman–Crippen MR) is 86.1 cm³/mol. The van der Waals surface area contributed by atoms with Crippen LogP contribution in [-0.4, -0.2) is 0 Å². The van der Waals surface area contributed by atoms with Gasteiger partial charge in [-0.3, -0.25) is 0 Å². The van der Waals surface area contributed by atoms with Crippen LogP contribution < -0.4 is 0 Å². The van der Waals surface area contributed by atoms with Crippen LogP contribution in [0.5, 0.6) is 0 Å². The summed E-state index contributed by atoms with van der Waals surface area (Å²) in [5.74, 6) is 0.926. The minimum absolute atomic E-state index is 0.926. The molecule has 0 N–H and O–H groups in total. The molecule has 0 aliphatic heterocycles. The fourth-order valence-electron chi connectivity index (χ4n) is 3.03. The van der Waals surface area contributed by atoms with E-state index in [1.807, 2.05) is 13.0 Å². The highest BCUT2D eigenvalue weighted by molar-refractivity contribution is 6.19. The quantitative estimate of drug-likeness (QED) is 0.400. The van der Waals surface area contributed by atoms with Gasteiger partial charge in [-0.05, 0) is 29.1 Å². The van der Waals surface area contributed by atoms with Gasteiger partial charge >= 0.3 is 0 Å². The van der Waals surface area contributed by atoms with Gasteiger partial charge in [-0.25, -0.2) is 0 Å². The molecule has 20 heavy (non-hydrogen) atoms. The highest BCUT2D eigenvalue weighted by atomic mass is 16.3. The molecule has 0 saturated carbocycles. The predicted octanol–water partition coefficient (Wildman–Crippen LogP) is 5.69. The number of hydrogen-bond donors (Lipinski definition) is 0. The van der Waals surface area contributed by atoms with Gasteiger partial charge in [0.25, 0.3) is 0 Å². The number of benzene rings is 3. The second kappa shape index (κ2) is 3.97. The van der Waals surface area contributed by atoms with Gasteiger partial charge in [0.1, 0.15) is 11.3 Å². The summed E-state index contributed by atoms with van der Waals surface area (Å²) in [4.78, 5) is 0. The van der Waals surface area contributed by atoms with Gasteiger partial charge in [-0.15, -0.1) is 0 Å². The topological polar surface area (TPSA) is 13.1 Å². The van der Waals surface area contributed by atoms with Crippen LogP contribution in [0.15, 0.2) is 59.5 Å². The van der Waals surface area contributed by atoms with Crippen LogP contribution in [0, 0.1) is 6.92 Å². The van der Waals surface area contributed by atoms with Crippen LogP contribution in [0.2, 0.25) is 0 Å². The van der Waals surface area contributed by atoms with Gasteiger partial charge in [0.05, 0.1) is 0 Å². The summed E-state index contributed by atoms with van der Waals surface area (Å²) in [7, 11) is 0. The number of rotatable bonds is 1. The highest BCUT2D eigenvalue weighted by Crippen LogP contribution is 2.36. The molecule has 0 amide bonds. The normalized spacial score (nSPS) is 11.4. The third-order valence-electron chi connectivity index (χ3n) is 3.99. The van der Waals surface area contributed by atoms with Crippen molar-refractivity contribution in [2.45, 2.75) is 6.92 Å². The molecule has 0 radical (unpaired) electrons. The van der Waals surface area contributed by atoms with Crippen LogP contribution in [0.25, 0.3) is 38.6 Å². The third-order valence-corrected chi connectivity index (χ3v) is 3.99. The Morgan fingerprint density at radius 1 is 0.900 bits per heavy atom. The first-order valence-corrected chi connectivity index (χ1v) is 6.75. The lowest BCUT2D eigenvalue weighted by Crippen LogP contribution is -1.78. The van der Waals surface area contributed by atoms with E-state index in [1.165, 1.54) is 21.5 Å². The average molecular weight is 258 g/mol. The Balaban J connectivity index is 2.34. The van der Waals surface area contributed by atoms with E-state index in [1.54, 1.807) is 0 Å². The van der Waals surface area contributed by atoms with Gasteiger partial charge in [0.2, 0.25) is 0 Å². The SMILES string of the molecule is C=Cc1c(C)oc2c1ccc1ccc3ccccc3c12. The summed E-state index contributed by atoms with van der Waals surface area (Å²) < 4.78 is 6.04. The van der Waals surface area contributed by atoms with Crippen LogP contribution in [0.1, 0.15) is 11.3 Å². The first-order valence-electron chi connectivity index (χ1n) is 6.75. The van der Waals surface area contributed by atoms with Crippen LogP contribution >= 0.6 is 0 Å². The molecule has 4 aromatic rings. The molecule has 1 heterocycles. The van der Waals surface area contributed by atoms with Crippen molar-refractivity contribution >= 4 is 38.6 Å². The molecule has 0 aliphatic carbocycles. The van der Waals surface area contributed by atoms with E-state index in [9.17, 15) is 0 Å². The van der Waals surface area contributed by atoms with Crippen molar-refractivity contribution in [1.29, 1.82) is 0 Å². The van der Waals surface area contributed by atoms with Crippen molar-refractivity contribution in [3.63, 3.8) is 0 Å². The van der Waals surface area contributed by atoms with Gasteiger partial charge in [-0.2, -0.15) is 0 Å². The first kappa shape index (κ1) is 11.3. The molecule has 0 fully saturated rings. The molecule has 1 aromatic heterocycles. The summed E-state index contributed by atoms with van der Waals surface area (Å²) in [6, 6.07) is 17.0. The number of furan rings is 1. The Labute approximate surface area is 117 Å². The van der Waals surface area contributed by atoms with Crippen molar-refractivity contribution in [1.82, 2.24) is 0 Å². The molecule has 3 aromatic carbocycles. The molecule has 96 valence electrons. The fourth-order valence-corrected chi connectivity index (χ4v) is 3.03. The number of fused-ring (bicyclic) bond motifs is 5. The third kappa shape index (κ3) is 1.38. The van der Waals surface area contributed by atoms with Crippen LogP contribution in [0.4, 0.5) is 0 Å². The summed E-state index contributed by atoms with van der Waals surface area (Å²) in [5.41, 5.74) is 2.06. The first-order chi connectivity index (χ1) is 9.79. The molecular weight excluding hydrogens is 244 g/mol. The van der Waals surface area contributed by atoms with Crippen molar-refractivity contribution in [3.05, 3.63) is 66.4 Å². The Hall–Kier alpha value is -2.54. The molecule has 0 unspecified atom stereocenters. The van der Waals surface area contributed by atoms with Crippen LogP contribution in [0.3, 0.4) is 0 Å². The lowest BCUT2D eigenvalue weighted by atomic mass is 9.99. The average Bonchev–Trinajstić information content (AvgIpc) is 2.82. The van der Waals surface area contributed by atoms with Gasteiger partial charge in [0.15, 0.2) is 0 Å². The lowest BCUT2D eigenvalue weighted by Gasteiger charge is -2.04. The van der Waals surface area contributed by atoms with E-state index < -0.39 is 0 Å². The molecular formula is C19H14O. The Bertz CT molecular complexity index is 973. The maximum Gasteiger partial charge on any atom is 0.143 e. The van der Waals surface area contributed by atoms with E-state index in [2.05, 4.69) is 55.1 Å². The molecule has 1 heteroatoms. The number of aryl methyl sites for hydroxylation is 1. The van der Waals surface area contributed by atoms with Crippen molar-refractivity contribution in [2.24, 2.45) is 0 Å².